The maximum atomic E-state index is 12.1. The number of hydrogen-bond donors (Lipinski definition) is 1. The van der Waals surface area contributed by atoms with Crippen LogP contribution in [0, 0.1) is 6.92 Å². The number of amides is 1. The number of aromatic nitrogens is 2. The molecule has 1 amide bonds. The summed E-state index contributed by atoms with van der Waals surface area (Å²) < 4.78 is 1.73. The van der Waals surface area contributed by atoms with E-state index in [1.54, 1.807) is 4.68 Å². The second kappa shape index (κ2) is 5.87. The summed E-state index contributed by atoms with van der Waals surface area (Å²) in [5.74, 6) is -0.0601. The Bertz CT molecular complexity index is 410. The fraction of sp³-hybridized carbons (Fsp3) is 0.692. The molecule has 2 unspecified atom stereocenters. The highest BCUT2D eigenvalue weighted by Gasteiger charge is 2.24. The number of nitrogens with zero attached hydrogens (tertiary/aromatic N) is 2. The fourth-order valence-electron chi connectivity index (χ4n) is 2.34. The minimum absolute atomic E-state index is 0.0601. The van der Waals surface area contributed by atoms with Crippen molar-refractivity contribution in [2.45, 2.75) is 49.9 Å². The van der Waals surface area contributed by atoms with Crippen LogP contribution in [0.1, 0.15) is 48.3 Å². The molecule has 4 nitrogen and oxygen atoms in total. The third-order valence-electron chi connectivity index (χ3n) is 3.59. The van der Waals surface area contributed by atoms with Crippen LogP contribution in [0.4, 0.5) is 0 Å². The number of aryl methyl sites for hydroxylation is 2. The quantitative estimate of drug-likeness (QED) is 0.674. The Kier molecular flexibility index (Phi) is 4.43. The van der Waals surface area contributed by atoms with Gasteiger partial charge in [0, 0.05) is 23.6 Å². The topological polar surface area (TPSA) is 46.9 Å². The van der Waals surface area contributed by atoms with Gasteiger partial charge in [0.1, 0.15) is 5.69 Å². The summed E-state index contributed by atoms with van der Waals surface area (Å²) in [5.41, 5.74) is 1.51. The van der Waals surface area contributed by atoms with Crippen molar-refractivity contribution in [2.75, 3.05) is 0 Å². The highest BCUT2D eigenvalue weighted by molar-refractivity contribution is 9.09. The molecule has 0 bridgehead atoms. The molecule has 2 atom stereocenters. The van der Waals surface area contributed by atoms with Gasteiger partial charge in [-0.15, -0.1) is 0 Å². The van der Waals surface area contributed by atoms with Gasteiger partial charge in [0.05, 0.1) is 0 Å². The molecule has 0 saturated heterocycles. The van der Waals surface area contributed by atoms with Gasteiger partial charge in [-0.3, -0.25) is 9.48 Å². The molecule has 1 saturated carbocycles. The molecule has 18 heavy (non-hydrogen) atoms. The van der Waals surface area contributed by atoms with Gasteiger partial charge >= 0.3 is 0 Å². The normalized spacial score (nSPS) is 24.6. The predicted octanol–water partition coefficient (Wildman–Crippen LogP) is 2.55. The van der Waals surface area contributed by atoms with Gasteiger partial charge in [0.2, 0.25) is 0 Å². The maximum Gasteiger partial charge on any atom is 0.272 e. The third-order valence-corrected chi connectivity index (χ3v) is 4.69. The number of carbonyl (C=O) groups is 1. The molecule has 1 aromatic heterocycles. The average Bonchev–Trinajstić information content (AvgIpc) is 2.54. The summed E-state index contributed by atoms with van der Waals surface area (Å²) in [6.45, 7) is 1.95. The molecule has 2 rings (SSSR count). The van der Waals surface area contributed by atoms with Crippen molar-refractivity contribution in [1.82, 2.24) is 15.1 Å². The van der Waals surface area contributed by atoms with Crippen LogP contribution in [0.25, 0.3) is 0 Å². The van der Waals surface area contributed by atoms with E-state index in [1.807, 2.05) is 20.0 Å². The first kappa shape index (κ1) is 13.6. The molecular formula is C13H20BrN3O. The molecule has 5 heteroatoms. The van der Waals surface area contributed by atoms with E-state index in [4.69, 9.17) is 0 Å². The van der Waals surface area contributed by atoms with Crippen molar-refractivity contribution in [3.8, 4) is 0 Å². The fourth-order valence-corrected chi connectivity index (χ4v) is 3.06. The molecule has 1 aromatic rings. The zero-order valence-corrected chi connectivity index (χ0v) is 12.5. The summed E-state index contributed by atoms with van der Waals surface area (Å²) in [6.07, 6.45) is 5.87. The van der Waals surface area contributed by atoms with Crippen molar-refractivity contribution in [3.63, 3.8) is 0 Å². The van der Waals surface area contributed by atoms with E-state index >= 15 is 0 Å². The molecular weight excluding hydrogens is 294 g/mol. The first-order valence-corrected chi connectivity index (χ1v) is 7.45. The van der Waals surface area contributed by atoms with Crippen LogP contribution >= 0.6 is 15.9 Å². The second-order valence-electron chi connectivity index (χ2n) is 5.03. The molecule has 1 aliphatic rings. The molecule has 100 valence electrons. The first-order chi connectivity index (χ1) is 8.58. The van der Waals surface area contributed by atoms with Crippen molar-refractivity contribution in [1.29, 1.82) is 0 Å². The van der Waals surface area contributed by atoms with Crippen LogP contribution in [0.5, 0.6) is 0 Å². The number of alkyl halides is 1. The molecule has 0 aromatic carbocycles. The van der Waals surface area contributed by atoms with Gasteiger partial charge in [-0.25, -0.2) is 0 Å². The van der Waals surface area contributed by atoms with Crippen LogP contribution in [0.2, 0.25) is 0 Å². The lowest BCUT2D eigenvalue weighted by atomic mass is 10.1. The highest BCUT2D eigenvalue weighted by Crippen LogP contribution is 2.23. The minimum atomic E-state index is -0.0601. The van der Waals surface area contributed by atoms with E-state index in [0.29, 0.717) is 10.5 Å². The van der Waals surface area contributed by atoms with Crippen LogP contribution in [-0.2, 0) is 7.05 Å². The van der Waals surface area contributed by atoms with Gasteiger partial charge in [-0.05, 0) is 25.8 Å². The Labute approximate surface area is 116 Å². The average molecular weight is 314 g/mol. The monoisotopic (exact) mass is 313 g/mol. The van der Waals surface area contributed by atoms with Crippen LogP contribution in [0.3, 0.4) is 0 Å². The number of halogens is 1. The van der Waals surface area contributed by atoms with Crippen molar-refractivity contribution in [3.05, 3.63) is 17.5 Å². The Hall–Kier alpha value is -0.840. The van der Waals surface area contributed by atoms with Gasteiger partial charge in [-0.1, -0.05) is 35.2 Å². The van der Waals surface area contributed by atoms with E-state index in [2.05, 4.69) is 26.3 Å². The van der Waals surface area contributed by atoms with Gasteiger partial charge in [0.25, 0.3) is 5.91 Å². The zero-order valence-electron chi connectivity index (χ0n) is 10.9. The molecule has 1 aliphatic carbocycles. The molecule has 1 fully saturated rings. The second-order valence-corrected chi connectivity index (χ2v) is 6.20. The van der Waals surface area contributed by atoms with E-state index in [-0.39, 0.29) is 11.9 Å². The Balaban J connectivity index is 2.01. The molecule has 0 radical (unpaired) electrons. The summed E-state index contributed by atoms with van der Waals surface area (Å²) in [5, 5.41) is 7.32. The van der Waals surface area contributed by atoms with Crippen LogP contribution in [-0.4, -0.2) is 26.6 Å². The predicted molar refractivity (Wildman–Crippen MR) is 75.0 cm³/mol. The molecule has 0 spiro atoms. The number of hydrogen-bond acceptors (Lipinski definition) is 2. The Morgan fingerprint density at radius 1 is 1.44 bits per heavy atom. The maximum absolute atomic E-state index is 12.1. The lowest BCUT2D eigenvalue weighted by Gasteiger charge is -2.20. The molecule has 0 aliphatic heterocycles. The lowest BCUT2D eigenvalue weighted by molar-refractivity contribution is 0.0929. The highest BCUT2D eigenvalue weighted by atomic mass is 79.9. The van der Waals surface area contributed by atoms with Crippen LogP contribution in [0.15, 0.2) is 6.07 Å². The summed E-state index contributed by atoms with van der Waals surface area (Å²) in [6, 6.07) is 2.05. The van der Waals surface area contributed by atoms with Gasteiger partial charge in [-0.2, -0.15) is 5.10 Å². The Morgan fingerprint density at radius 3 is 2.83 bits per heavy atom. The standard InChI is InChI=1S/C13H20BrN3O/c1-9-8-12(16-17(9)2)13(18)15-11-7-5-3-4-6-10(11)14/h8,10-11H,3-7H2,1-2H3,(H,15,18). The number of nitrogens with one attached hydrogen (secondary N) is 1. The Morgan fingerprint density at radius 2 is 2.17 bits per heavy atom. The summed E-state index contributed by atoms with van der Waals surface area (Å²) in [4.78, 5) is 12.5. The smallest absolute Gasteiger partial charge is 0.272 e. The largest absolute Gasteiger partial charge is 0.347 e. The first-order valence-electron chi connectivity index (χ1n) is 6.53. The van der Waals surface area contributed by atoms with E-state index < -0.39 is 0 Å². The molecule has 1 N–H and O–H groups in total. The van der Waals surface area contributed by atoms with Crippen molar-refractivity contribution >= 4 is 21.8 Å². The minimum Gasteiger partial charge on any atom is -0.347 e. The van der Waals surface area contributed by atoms with E-state index in [0.717, 1.165) is 18.5 Å². The van der Waals surface area contributed by atoms with E-state index in [9.17, 15) is 4.79 Å². The van der Waals surface area contributed by atoms with Gasteiger partial charge < -0.3 is 5.32 Å². The lowest BCUT2D eigenvalue weighted by Crippen LogP contribution is -2.40. The summed E-state index contributed by atoms with van der Waals surface area (Å²) >= 11 is 3.69. The zero-order chi connectivity index (χ0) is 13.1. The number of rotatable bonds is 2. The van der Waals surface area contributed by atoms with Crippen molar-refractivity contribution < 1.29 is 4.79 Å². The third kappa shape index (κ3) is 3.13. The number of carbonyl (C=O) groups excluding carboxylic acids is 1. The van der Waals surface area contributed by atoms with E-state index in [1.165, 1.54) is 19.3 Å². The summed E-state index contributed by atoms with van der Waals surface area (Å²) in [7, 11) is 1.85. The SMILES string of the molecule is Cc1cc(C(=O)NC2CCCCCC2Br)nn1C. The van der Waals surface area contributed by atoms with Crippen molar-refractivity contribution in [2.24, 2.45) is 7.05 Å². The molecule has 1 heterocycles. The van der Waals surface area contributed by atoms with Gasteiger partial charge in [0.15, 0.2) is 0 Å². The van der Waals surface area contributed by atoms with Crippen LogP contribution < -0.4 is 5.32 Å².